The van der Waals surface area contributed by atoms with Gasteiger partial charge in [-0.15, -0.1) is 0 Å². The molecule has 0 saturated carbocycles. The Hall–Kier alpha value is -3.31. The Morgan fingerprint density at radius 2 is 1.62 bits per heavy atom. The first-order chi connectivity index (χ1) is 15.7. The van der Waals surface area contributed by atoms with Gasteiger partial charge < -0.3 is 14.4 Å². The monoisotopic (exact) mass is 428 g/mol. The molecule has 0 bridgehead atoms. The molecular weight excluding hydrogens is 400 g/mol. The molecule has 2 aliphatic rings. The summed E-state index contributed by atoms with van der Waals surface area (Å²) < 4.78 is 11.4. The Morgan fingerprint density at radius 3 is 2.41 bits per heavy atom. The van der Waals surface area contributed by atoms with Gasteiger partial charge >= 0.3 is 0 Å². The number of carbonyl (C=O) groups is 1. The predicted molar refractivity (Wildman–Crippen MR) is 124 cm³/mol. The quantitative estimate of drug-likeness (QED) is 0.591. The van der Waals surface area contributed by atoms with E-state index in [1.165, 1.54) is 11.1 Å². The lowest BCUT2D eigenvalue weighted by Crippen LogP contribution is -2.48. The second kappa shape index (κ2) is 9.45. The van der Waals surface area contributed by atoms with Crippen molar-refractivity contribution in [2.24, 2.45) is 0 Å². The van der Waals surface area contributed by atoms with Crippen LogP contribution >= 0.6 is 0 Å². The van der Waals surface area contributed by atoms with E-state index in [4.69, 9.17) is 9.47 Å². The number of fused-ring (bicyclic) bond motifs is 1. The molecule has 1 amide bonds. The summed E-state index contributed by atoms with van der Waals surface area (Å²) in [5, 5.41) is 0. The van der Waals surface area contributed by atoms with E-state index in [-0.39, 0.29) is 5.91 Å². The minimum Gasteiger partial charge on any atom is -0.493 e. The largest absolute Gasteiger partial charge is 0.493 e. The van der Waals surface area contributed by atoms with Crippen LogP contribution in [0.2, 0.25) is 0 Å². The van der Waals surface area contributed by atoms with Gasteiger partial charge in [-0.05, 0) is 47.0 Å². The number of hydrogen-bond donors (Lipinski definition) is 0. The van der Waals surface area contributed by atoms with Gasteiger partial charge in [0.15, 0.2) is 0 Å². The van der Waals surface area contributed by atoms with Gasteiger partial charge in [-0.2, -0.15) is 0 Å². The Labute approximate surface area is 189 Å². The summed E-state index contributed by atoms with van der Waals surface area (Å²) in [6, 6.07) is 24.0. The van der Waals surface area contributed by atoms with Crippen molar-refractivity contribution in [2.75, 3.05) is 32.8 Å². The van der Waals surface area contributed by atoms with Gasteiger partial charge in [0.25, 0.3) is 5.91 Å². The van der Waals surface area contributed by atoms with Crippen LogP contribution in [0, 0.1) is 0 Å². The summed E-state index contributed by atoms with van der Waals surface area (Å²) in [6.45, 7) is 5.50. The van der Waals surface area contributed by atoms with E-state index in [0.29, 0.717) is 6.61 Å². The van der Waals surface area contributed by atoms with E-state index >= 15 is 0 Å². The van der Waals surface area contributed by atoms with E-state index in [1.807, 2.05) is 59.5 Å². The molecule has 32 heavy (non-hydrogen) atoms. The third-order valence-electron chi connectivity index (χ3n) is 6.17. The molecular formula is C27H28N2O3. The number of amides is 1. The maximum atomic E-state index is 12.9. The predicted octanol–water partition coefficient (Wildman–Crippen LogP) is 4.16. The molecule has 5 heteroatoms. The Kier molecular flexibility index (Phi) is 6.08. The molecule has 0 N–H and O–H groups in total. The van der Waals surface area contributed by atoms with Crippen molar-refractivity contribution in [3.63, 3.8) is 0 Å². The molecule has 0 aliphatic carbocycles. The van der Waals surface area contributed by atoms with Gasteiger partial charge in [-0.25, -0.2) is 0 Å². The van der Waals surface area contributed by atoms with Crippen LogP contribution in [0.4, 0.5) is 0 Å². The lowest BCUT2D eigenvalue weighted by Gasteiger charge is -2.35. The minimum absolute atomic E-state index is 0.106. The molecule has 2 aliphatic heterocycles. The Morgan fingerprint density at radius 1 is 0.875 bits per heavy atom. The zero-order chi connectivity index (χ0) is 21.8. The van der Waals surface area contributed by atoms with Gasteiger partial charge in [0.05, 0.1) is 6.61 Å². The fraction of sp³-hybridized carbons (Fsp3) is 0.296. The maximum absolute atomic E-state index is 12.9. The highest BCUT2D eigenvalue weighted by Gasteiger charge is 2.22. The lowest BCUT2D eigenvalue weighted by molar-refractivity contribution is 0.0628. The highest BCUT2D eigenvalue weighted by molar-refractivity contribution is 5.94. The molecule has 0 radical (unpaired) electrons. The summed E-state index contributed by atoms with van der Waals surface area (Å²) in [4.78, 5) is 17.3. The molecule has 0 aromatic heterocycles. The fourth-order valence-corrected chi connectivity index (χ4v) is 4.32. The van der Waals surface area contributed by atoms with Gasteiger partial charge in [0.1, 0.15) is 18.1 Å². The number of para-hydroxylation sites is 1. The number of nitrogens with zero attached hydrogens (tertiary/aromatic N) is 2. The first kappa shape index (κ1) is 20.6. The van der Waals surface area contributed by atoms with Crippen molar-refractivity contribution in [3.8, 4) is 11.5 Å². The van der Waals surface area contributed by atoms with Gasteiger partial charge in [0.2, 0.25) is 0 Å². The summed E-state index contributed by atoms with van der Waals surface area (Å²) in [7, 11) is 0. The van der Waals surface area contributed by atoms with Crippen LogP contribution in [0.5, 0.6) is 11.5 Å². The molecule has 2 heterocycles. The fourth-order valence-electron chi connectivity index (χ4n) is 4.32. The molecule has 5 rings (SSSR count). The molecule has 0 atom stereocenters. The number of hydrogen-bond acceptors (Lipinski definition) is 4. The van der Waals surface area contributed by atoms with E-state index in [0.717, 1.165) is 68.4 Å². The molecule has 1 fully saturated rings. The van der Waals surface area contributed by atoms with Gasteiger partial charge in [0, 0.05) is 44.7 Å². The van der Waals surface area contributed by atoms with Crippen molar-refractivity contribution in [1.82, 2.24) is 9.80 Å². The summed E-state index contributed by atoms with van der Waals surface area (Å²) in [6.07, 6.45) is 1.00. The number of benzene rings is 3. The summed E-state index contributed by atoms with van der Waals surface area (Å²) in [5.41, 5.74) is 4.42. The standard InChI is InChI=1S/C27H28N2O3/c30-27(23-9-6-21(7-10-23)20-32-25-4-2-1-3-5-25)29-15-13-28(14-16-29)19-22-8-11-26-24(18-22)12-17-31-26/h1-11,18H,12-17,19-20H2. The van der Waals surface area contributed by atoms with Crippen LogP contribution in [0.25, 0.3) is 0 Å². The van der Waals surface area contributed by atoms with Crippen LogP contribution in [0.1, 0.15) is 27.0 Å². The molecule has 5 nitrogen and oxygen atoms in total. The Bertz CT molecular complexity index is 1060. The smallest absolute Gasteiger partial charge is 0.253 e. The average Bonchev–Trinajstić information content (AvgIpc) is 3.32. The van der Waals surface area contributed by atoms with E-state index in [2.05, 4.69) is 23.1 Å². The van der Waals surface area contributed by atoms with Crippen LogP contribution in [0.15, 0.2) is 72.8 Å². The molecule has 0 spiro atoms. The minimum atomic E-state index is 0.106. The molecule has 164 valence electrons. The van der Waals surface area contributed by atoms with Gasteiger partial charge in [-0.1, -0.05) is 42.5 Å². The first-order valence-electron chi connectivity index (χ1n) is 11.3. The number of ether oxygens (including phenoxy) is 2. The SMILES string of the molecule is O=C(c1ccc(COc2ccccc2)cc1)N1CCN(Cc2ccc3c(c2)CCO3)CC1. The summed E-state index contributed by atoms with van der Waals surface area (Å²) in [5.74, 6) is 1.98. The van der Waals surface area contributed by atoms with E-state index < -0.39 is 0 Å². The highest BCUT2D eigenvalue weighted by atomic mass is 16.5. The van der Waals surface area contributed by atoms with Crippen LogP contribution < -0.4 is 9.47 Å². The van der Waals surface area contributed by atoms with Crippen LogP contribution in [-0.2, 0) is 19.6 Å². The van der Waals surface area contributed by atoms with Crippen molar-refractivity contribution < 1.29 is 14.3 Å². The van der Waals surface area contributed by atoms with Crippen molar-refractivity contribution >= 4 is 5.91 Å². The molecule has 3 aromatic rings. The zero-order valence-corrected chi connectivity index (χ0v) is 18.2. The molecule has 3 aromatic carbocycles. The third-order valence-corrected chi connectivity index (χ3v) is 6.17. The van der Waals surface area contributed by atoms with Crippen molar-refractivity contribution in [3.05, 3.63) is 95.1 Å². The molecule has 1 saturated heterocycles. The third kappa shape index (κ3) is 4.78. The zero-order valence-electron chi connectivity index (χ0n) is 18.2. The van der Waals surface area contributed by atoms with E-state index in [9.17, 15) is 4.79 Å². The number of piperazine rings is 1. The maximum Gasteiger partial charge on any atom is 0.253 e. The van der Waals surface area contributed by atoms with Crippen LogP contribution in [0.3, 0.4) is 0 Å². The lowest BCUT2D eigenvalue weighted by atomic mass is 10.1. The highest BCUT2D eigenvalue weighted by Crippen LogP contribution is 2.26. The van der Waals surface area contributed by atoms with Crippen molar-refractivity contribution in [1.29, 1.82) is 0 Å². The Balaban J connectivity index is 1.11. The number of rotatable bonds is 6. The first-order valence-corrected chi connectivity index (χ1v) is 11.3. The molecule has 0 unspecified atom stereocenters. The van der Waals surface area contributed by atoms with Crippen LogP contribution in [-0.4, -0.2) is 48.5 Å². The van der Waals surface area contributed by atoms with Crippen molar-refractivity contribution in [2.45, 2.75) is 19.6 Å². The topological polar surface area (TPSA) is 42.0 Å². The second-order valence-electron chi connectivity index (χ2n) is 8.41. The number of carbonyl (C=O) groups excluding carboxylic acids is 1. The normalized spacial score (nSPS) is 15.8. The second-order valence-corrected chi connectivity index (χ2v) is 8.41. The summed E-state index contributed by atoms with van der Waals surface area (Å²) >= 11 is 0. The average molecular weight is 429 g/mol. The van der Waals surface area contributed by atoms with Gasteiger partial charge in [-0.3, -0.25) is 9.69 Å². The van der Waals surface area contributed by atoms with E-state index in [1.54, 1.807) is 0 Å².